The van der Waals surface area contributed by atoms with Gasteiger partial charge in [0.1, 0.15) is 5.75 Å². The summed E-state index contributed by atoms with van der Waals surface area (Å²) in [6, 6.07) is 16.6. The highest BCUT2D eigenvalue weighted by molar-refractivity contribution is 6.16. The number of nitrogens with one attached hydrogen (secondary N) is 2. The van der Waals surface area contributed by atoms with Crippen LogP contribution in [-0.2, 0) is 6.42 Å². The van der Waals surface area contributed by atoms with Crippen molar-refractivity contribution in [2.24, 2.45) is 0 Å². The minimum atomic E-state index is -0.380. The van der Waals surface area contributed by atoms with Crippen LogP contribution in [-0.4, -0.2) is 22.2 Å². The minimum absolute atomic E-state index is 0.231. The monoisotopic (exact) mass is 360 g/mol. The fourth-order valence-electron chi connectivity index (χ4n) is 3.84. The molecule has 5 heteroatoms. The standard InChI is InChI=1S/C22H17FN2O2/c1-27-19-9-6-12(10-14(19)23)11-17-22-20(13-4-2-3-5-15(13)25-22)21-16(24-17)7-8-18(21)26/h2-10,24-26H,11H2,1H3. The van der Waals surface area contributed by atoms with Gasteiger partial charge in [-0.05, 0) is 35.9 Å². The molecular formula is C22H17FN2O2. The number of pyridine rings is 1. The van der Waals surface area contributed by atoms with Crippen LogP contribution in [0.25, 0.3) is 33.1 Å². The summed E-state index contributed by atoms with van der Waals surface area (Å²) in [5.41, 5.74) is 5.34. The average Bonchev–Trinajstić information content (AvgIpc) is 3.23. The van der Waals surface area contributed by atoms with Gasteiger partial charge in [0, 0.05) is 34.0 Å². The Bertz CT molecular complexity index is 1270. The maximum absolute atomic E-state index is 14.1. The Morgan fingerprint density at radius 3 is 2.70 bits per heavy atom. The summed E-state index contributed by atoms with van der Waals surface area (Å²) in [4.78, 5) is 6.86. The zero-order chi connectivity index (χ0) is 18.5. The van der Waals surface area contributed by atoms with Crippen LogP contribution in [0.4, 0.5) is 4.39 Å². The fraction of sp³-hybridized carbons (Fsp3) is 0.0909. The molecule has 0 bridgehead atoms. The van der Waals surface area contributed by atoms with Crippen molar-refractivity contribution in [2.75, 3.05) is 7.11 Å². The van der Waals surface area contributed by atoms with Gasteiger partial charge < -0.3 is 19.8 Å². The lowest BCUT2D eigenvalue weighted by atomic mass is 10.0. The third kappa shape index (κ3) is 2.35. The predicted molar refractivity (Wildman–Crippen MR) is 104 cm³/mol. The molecule has 2 aromatic carbocycles. The molecule has 1 aliphatic heterocycles. The summed E-state index contributed by atoms with van der Waals surface area (Å²) in [5.74, 6) is 0.0999. The van der Waals surface area contributed by atoms with Crippen LogP contribution in [0, 0.1) is 5.82 Å². The largest absolute Gasteiger partial charge is 0.507 e. The van der Waals surface area contributed by atoms with Gasteiger partial charge in [-0.15, -0.1) is 0 Å². The predicted octanol–water partition coefficient (Wildman–Crippen LogP) is 5.20. The van der Waals surface area contributed by atoms with Crippen molar-refractivity contribution in [3.8, 4) is 22.8 Å². The number of hydrogen-bond acceptors (Lipinski definition) is 2. The van der Waals surface area contributed by atoms with Crippen molar-refractivity contribution in [2.45, 2.75) is 6.42 Å². The number of halogens is 1. The molecule has 1 aromatic heterocycles. The van der Waals surface area contributed by atoms with E-state index in [2.05, 4.69) is 9.97 Å². The lowest BCUT2D eigenvalue weighted by molar-refractivity contribution is 0.386. The SMILES string of the molecule is COc1ccc(Cc2[nH]c3ccc(O)c-3c3c2[nH]c2ccccc23)cc1F. The normalized spacial score (nSPS) is 11.6. The third-order valence-electron chi connectivity index (χ3n) is 5.07. The van der Waals surface area contributed by atoms with Crippen molar-refractivity contribution >= 4 is 21.8 Å². The number of benzene rings is 2. The van der Waals surface area contributed by atoms with Crippen LogP contribution in [0.3, 0.4) is 0 Å². The van der Waals surface area contributed by atoms with E-state index in [1.54, 1.807) is 12.1 Å². The first-order valence-corrected chi connectivity index (χ1v) is 8.71. The van der Waals surface area contributed by atoms with E-state index < -0.39 is 0 Å². The Kier molecular flexibility index (Phi) is 3.37. The van der Waals surface area contributed by atoms with Gasteiger partial charge in [0.05, 0.1) is 18.3 Å². The second-order valence-corrected chi connectivity index (χ2v) is 6.68. The molecule has 0 saturated heterocycles. The number of aromatic hydroxyl groups is 1. The van der Waals surface area contributed by atoms with Gasteiger partial charge in [-0.2, -0.15) is 0 Å². The molecule has 0 saturated carbocycles. The summed E-state index contributed by atoms with van der Waals surface area (Å²) in [5, 5.41) is 12.4. The molecule has 5 rings (SSSR count). The van der Waals surface area contributed by atoms with Gasteiger partial charge in [0.15, 0.2) is 11.6 Å². The first-order valence-electron chi connectivity index (χ1n) is 8.71. The zero-order valence-electron chi connectivity index (χ0n) is 14.6. The van der Waals surface area contributed by atoms with E-state index in [0.717, 1.165) is 44.3 Å². The van der Waals surface area contributed by atoms with Crippen molar-refractivity contribution in [3.63, 3.8) is 0 Å². The number of para-hydroxylation sites is 1. The molecule has 3 aromatic rings. The molecule has 0 radical (unpaired) electrons. The number of methoxy groups -OCH3 is 1. The van der Waals surface area contributed by atoms with Gasteiger partial charge in [0.2, 0.25) is 0 Å². The topological polar surface area (TPSA) is 61.0 Å². The molecule has 0 spiro atoms. The van der Waals surface area contributed by atoms with E-state index in [1.807, 2.05) is 36.4 Å². The maximum Gasteiger partial charge on any atom is 0.165 e. The van der Waals surface area contributed by atoms with Crippen molar-refractivity contribution < 1.29 is 14.2 Å². The fourth-order valence-corrected chi connectivity index (χ4v) is 3.84. The van der Waals surface area contributed by atoms with Gasteiger partial charge in [0.25, 0.3) is 0 Å². The quantitative estimate of drug-likeness (QED) is 0.414. The molecule has 2 heterocycles. The summed E-state index contributed by atoms with van der Waals surface area (Å²) < 4.78 is 19.1. The third-order valence-corrected chi connectivity index (χ3v) is 5.07. The molecule has 4 nitrogen and oxygen atoms in total. The number of fused-ring (bicyclic) bond motifs is 5. The highest BCUT2D eigenvalue weighted by Gasteiger charge is 2.20. The van der Waals surface area contributed by atoms with E-state index >= 15 is 0 Å². The smallest absolute Gasteiger partial charge is 0.165 e. The van der Waals surface area contributed by atoms with Crippen molar-refractivity contribution in [3.05, 3.63) is 71.7 Å². The summed E-state index contributed by atoms with van der Waals surface area (Å²) in [7, 11) is 1.45. The van der Waals surface area contributed by atoms with Crippen LogP contribution < -0.4 is 4.74 Å². The van der Waals surface area contributed by atoms with Gasteiger partial charge in [-0.3, -0.25) is 0 Å². The Morgan fingerprint density at radius 2 is 1.89 bits per heavy atom. The van der Waals surface area contributed by atoms with Crippen LogP contribution in [0.2, 0.25) is 0 Å². The Balaban J connectivity index is 1.76. The Hall–Kier alpha value is -3.47. The van der Waals surface area contributed by atoms with Crippen LogP contribution in [0.5, 0.6) is 11.5 Å². The summed E-state index contributed by atoms with van der Waals surface area (Å²) in [6.45, 7) is 0. The number of aromatic amines is 2. The van der Waals surface area contributed by atoms with E-state index in [0.29, 0.717) is 6.42 Å². The zero-order valence-corrected chi connectivity index (χ0v) is 14.6. The second kappa shape index (κ2) is 5.77. The number of rotatable bonds is 3. The van der Waals surface area contributed by atoms with Gasteiger partial charge in [-0.1, -0.05) is 24.3 Å². The molecule has 1 aliphatic carbocycles. The average molecular weight is 360 g/mol. The first-order chi connectivity index (χ1) is 13.2. The van der Waals surface area contributed by atoms with Crippen LogP contribution in [0.15, 0.2) is 54.6 Å². The minimum Gasteiger partial charge on any atom is -0.507 e. The molecule has 3 N–H and O–H groups in total. The summed E-state index contributed by atoms with van der Waals surface area (Å²) >= 11 is 0. The Morgan fingerprint density at radius 1 is 1.04 bits per heavy atom. The Labute approximate surface area is 154 Å². The number of ether oxygens (including phenoxy) is 1. The lowest BCUT2D eigenvalue weighted by Gasteiger charge is -2.11. The first kappa shape index (κ1) is 15.8. The second-order valence-electron chi connectivity index (χ2n) is 6.68. The molecule has 0 atom stereocenters. The van der Waals surface area contributed by atoms with Crippen molar-refractivity contribution in [1.29, 1.82) is 0 Å². The van der Waals surface area contributed by atoms with Gasteiger partial charge in [-0.25, -0.2) is 4.39 Å². The number of H-pyrrole nitrogens is 2. The highest BCUT2D eigenvalue weighted by atomic mass is 19.1. The van der Waals surface area contributed by atoms with Crippen LogP contribution in [0.1, 0.15) is 11.3 Å². The molecular weight excluding hydrogens is 343 g/mol. The molecule has 134 valence electrons. The lowest BCUT2D eigenvalue weighted by Crippen LogP contribution is -1.98. The van der Waals surface area contributed by atoms with Gasteiger partial charge >= 0.3 is 0 Å². The number of hydrogen-bond donors (Lipinski definition) is 3. The highest BCUT2D eigenvalue weighted by Crippen LogP contribution is 2.42. The number of aromatic nitrogens is 2. The van der Waals surface area contributed by atoms with E-state index in [1.165, 1.54) is 13.2 Å². The maximum atomic E-state index is 14.1. The molecule has 27 heavy (non-hydrogen) atoms. The van der Waals surface area contributed by atoms with Crippen molar-refractivity contribution in [1.82, 2.24) is 9.97 Å². The van der Waals surface area contributed by atoms with E-state index in [9.17, 15) is 9.50 Å². The molecule has 0 fully saturated rings. The molecule has 0 amide bonds. The van der Waals surface area contributed by atoms with E-state index in [-0.39, 0.29) is 17.3 Å². The van der Waals surface area contributed by atoms with E-state index in [4.69, 9.17) is 4.74 Å². The molecule has 0 unspecified atom stereocenters. The van der Waals surface area contributed by atoms with Crippen LogP contribution >= 0.6 is 0 Å². The summed E-state index contributed by atoms with van der Waals surface area (Å²) in [6.07, 6.45) is 0.520. The molecule has 2 aliphatic rings.